The maximum atomic E-state index is 7.50. The Labute approximate surface area is 69.9 Å². The van der Waals surface area contributed by atoms with Gasteiger partial charge in [-0.25, -0.2) is 0 Å². The molecule has 0 saturated carbocycles. The zero-order chi connectivity index (χ0) is 8.53. The van der Waals surface area contributed by atoms with Gasteiger partial charge in [-0.15, -0.1) is 0 Å². The smallest absolute Gasteiger partial charge is 0.00890 e. The molecule has 0 aromatic carbocycles. The Balaban J connectivity index is 3.04. The number of hydrogen-bond acceptors (Lipinski definition) is 2. The van der Waals surface area contributed by atoms with Crippen molar-refractivity contribution in [1.29, 1.82) is 5.41 Å². The Morgan fingerprint density at radius 1 is 1.27 bits per heavy atom. The van der Waals surface area contributed by atoms with Crippen molar-refractivity contribution in [2.45, 2.75) is 39.0 Å². The SMILES string of the molecule is CCCC(=N)CCCCNC. The summed E-state index contributed by atoms with van der Waals surface area (Å²) in [7, 11) is 1.97. The molecule has 0 spiro atoms. The predicted molar refractivity (Wildman–Crippen MR) is 50.4 cm³/mol. The van der Waals surface area contributed by atoms with Crippen LogP contribution >= 0.6 is 0 Å². The topological polar surface area (TPSA) is 35.9 Å². The molecule has 66 valence electrons. The van der Waals surface area contributed by atoms with Crippen LogP contribution in [0, 0.1) is 5.41 Å². The Kier molecular flexibility index (Phi) is 7.47. The normalized spacial score (nSPS) is 10.0. The van der Waals surface area contributed by atoms with Crippen LogP contribution in [-0.2, 0) is 0 Å². The van der Waals surface area contributed by atoms with E-state index in [1.165, 1.54) is 12.8 Å². The van der Waals surface area contributed by atoms with Crippen LogP contribution in [0.15, 0.2) is 0 Å². The molecule has 0 rings (SSSR count). The van der Waals surface area contributed by atoms with Crippen LogP contribution in [0.1, 0.15) is 39.0 Å². The largest absolute Gasteiger partial charge is 0.320 e. The molecule has 0 fully saturated rings. The van der Waals surface area contributed by atoms with Gasteiger partial charge in [0.05, 0.1) is 0 Å². The van der Waals surface area contributed by atoms with Crippen LogP contribution in [0.25, 0.3) is 0 Å². The molecule has 2 N–H and O–H groups in total. The Bertz CT molecular complexity index is 99.7. The zero-order valence-corrected chi connectivity index (χ0v) is 7.74. The van der Waals surface area contributed by atoms with E-state index >= 15 is 0 Å². The molecule has 0 aromatic rings. The Hall–Kier alpha value is -0.370. The molecule has 2 nitrogen and oxygen atoms in total. The molecule has 0 bridgehead atoms. The minimum atomic E-state index is 0.920. The zero-order valence-electron chi connectivity index (χ0n) is 7.74. The van der Waals surface area contributed by atoms with Gasteiger partial charge in [0.1, 0.15) is 0 Å². The fourth-order valence-corrected chi connectivity index (χ4v) is 1.07. The summed E-state index contributed by atoms with van der Waals surface area (Å²) >= 11 is 0. The van der Waals surface area contributed by atoms with Crippen molar-refractivity contribution in [2.75, 3.05) is 13.6 Å². The molecular weight excluding hydrogens is 136 g/mol. The van der Waals surface area contributed by atoms with Crippen LogP contribution in [0.4, 0.5) is 0 Å². The van der Waals surface area contributed by atoms with E-state index < -0.39 is 0 Å². The van der Waals surface area contributed by atoms with E-state index in [0.717, 1.165) is 31.5 Å². The fourth-order valence-electron chi connectivity index (χ4n) is 1.07. The highest BCUT2D eigenvalue weighted by molar-refractivity contribution is 5.81. The molecule has 0 aliphatic carbocycles. The second-order valence-corrected chi connectivity index (χ2v) is 2.91. The van der Waals surface area contributed by atoms with Crippen molar-refractivity contribution in [3.05, 3.63) is 0 Å². The lowest BCUT2D eigenvalue weighted by Crippen LogP contribution is -2.08. The van der Waals surface area contributed by atoms with Gasteiger partial charge in [0.15, 0.2) is 0 Å². The van der Waals surface area contributed by atoms with Crippen molar-refractivity contribution < 1.29 is 0 Å². The standard InChI is InChI=1S/C9H20N2/c1-3-6-9(10)7-4-5-8-11-2/h10-11H,3-8H2,1-2H3. The Morgan fingerprint density at radius 3 is 2.55 bits per heavy atom. The molecule has 0 radical (unpaired) electrons. The number of nitrogens with one attached hydrogen (secondary N) is 2. The summed E-state index contributed by atoms with van der Waals surface area (Å²) in [4.78, 5) is 0. The van der Waals surface area contributed by atoms with Gasteiger partial charge in [-0.05, 0) is 39.3 Å². The van der Waals surface area contributed by atoms with Crippen molar-refractivity contribution in [3.8, 4) is 0 Å². The summed E-state index contributed by atoms with van der Waals surface area (Å²) in [6, 6.07) is 0. The monoisotopic (exact) mass is 156 g/mol. The van der Waals surface area contributed by atoms with Gasteiger partial charge in [0.2, 0.25) is 0 Å². The van der Waals surface area contributed by atoms with Crippen molar-refractivity contribution in [2.24, 2.45) is 0 Å². The van der Waals surface area contributed by atoms with Gasteiger partial charge >= 0.3 is 0 Å². The molecule has 0 aliphatic heterocycles. The van der Waals surface area contributed by atoms with Crippen LogP contribution in [0.3, 0.4) is 0 Å². The number of hydrogen-bond donors (Lipinski definition) is 2. The van der Waals surface area contributed by atoms with Gasteiger partial charge in [-0.2, -0.15) is 0 Å². The van der Waals surface area contributed by atoms with Gasteiger partial charge in [-0.3, -0.25) is 0 Å². The number of rotatable bonds is 7. The maximum absolute atomic E-state index is 7.50. The lowest BCUT2D eigenvalue weighted by Gasteiger charge is -2.01. The van der Waals surface area contributed by atoms with E-state index in [4.69, 9.17) is 5.41 Å². The fraction of sp³-hybridized carbons (Fsp3) is 0.889. The van der Waals surface area contributed by atoms with E-state index in [0.29, 0.717) is 0 Å². The van der Waals surface area contributed by atoms with Crippen molar-refractivity contribution in [3.63, 3.8) is 0 Å². The van der Waals surface area contributed by atoms with Crippen LogP contribution in [0.2, 0.25) is 0 Å². The van der Waals surface area contributed by atoms with Gasteiger partial charge in [-0.1, -0.05) is 13.3 Å². The second-order valence-electron chi connectivity index (χ2n) is 2.91. The lowest BCUT2D eigenvalue weighted by atomic mass is 10.1. The molecule has 0 amide bonds. The van der Waals surface area contributed by atoms with E-state index in [2.05, 4.69) is 12.2 Å². The predicted octanol–water partition coefficient (Wildman–Crippen LogP) is 2.20. The average molecular weight is 156 g/mol. The molecule has 0 aliphatic rings. The highest BCUT2D eigenvalue weighted by atomic mass is 14.8. The summed E-state index contributed by atoms with van der Waals surface area (Å²) in [5, 5.41) is 10.6. The first-order valence-corrected chi connectivity index (χ1v) is 4.52. The third-order valence-electron chi connectivity index (χ3n) is 1.71. The molecule has 11 heavy (non-hydrogen) atoms. The van der Waals surface area contributed by atoms with E-state index in [-0.39, 0.29) is 0 Å². The molecule has 0 unspecified atom stereocenters. The first-order valence-electron chi connectivity index (χ1n) is 4.52. The molecule has 0 atom stereocenters. The summed E-state index contributed by atoms with van der Waals surface area (Å²) in [6.07, 6.45) is 5.46. The first-order chi connectivity index (χ1) is 5.31. The third kappa shape index (κ3) is 7.53. The summed E-state index contributed by atoms with van der Waals surface area (Å²) in [6.45, 7) is 3.21. The average Bonchev–Trinajstić information content (AvgIpc) is 1.99. The quantitative estimate of drug-likeness (QED) is 0.430. The van der Waals surface area contributed by atoms with Gasteiger partial charge in [0, 0.05) is 5.71 Å². The second kappa shape index (κ2) is 7.73. The Morgan fingerprint density at radius 2 is 2.00 bits per heavy atom. The highest BCUT2D eigenvalue weighted by Gasteiger charge is 1.94. The minimum Gasteiger partial charge on any atom is -0.320 e. The minimum absolute atomic E-state index is 0.920. The first kappa shape index (κ1) is 10.6. The van der Waals surface area contributed by atoms with E-state index in [9.17, 15) is 0 Å². The van der Waals surface area contributed by atoms with Gasteiger partial charge < -0.3 is 10.7 Å². The molecule has 0 saturated heterocycles. The van der Waals surface area contributed by atoms with Gasteiger partial charge in [0.25, 0.3) is 0 Å². The summed E-state index contributed by atoms with van der Waals surface area (Å²) < 4.78 is 0. The van der Waals surface area contributed by atoms with Crippen LogP contribution in [0.5, 0.6) is 0 Å². The number of unbranched alkanes of at least 4 members (excludes halogenated alkanes) is 1. The summed E-state index contributed by atoms with van der Waals surface area (Å²) in [5.41, 5.74) is 0.920. The lowest BCUT2D eigenvalue weighted by molar-refractivity contribution is 0.688. The van der Waals surface area contributed by atoms with Crippen molar-refractivity contribution >= 4 is 5.71 Å². The summed E-state index contributed by atoms with van der Waals surface area (Å²) in [5.74, 6) is 0. The molecule has 0 aromatic heterocycles. The third-order valence-corrected chi connectivity index (χ3v) is 1.71. The molecular formula is C9H20N2. The highest BCUT2D eigenvalue weighted by Crippen LogP contribution is 2.00. The van der Waals surface area contributed by atoms with E-state index in [1.807, 2.05) is 7.05 Å². The van der Waals surface area contributed by atoms with Crippen molar-refractivity contribution in [1.82, 2.24) is 5.32 Å². The molecule has 2 heteroatoms. The van der Waals surface area contributed by atoms with Crippen LogP contribution in [-0.4, -0.2) is 19.3 Å². The van der Waals surface area contributed by atoms with E-state index in [1.54, 1.807) is 0 Å². The molecule has 0 heterocycles. The maximum Gasteiger partial charge on any atom is 0.00890 e. The van der Waals surface area contributed by atoms with Crippen LogP contribution < -0.4 is 5.32 Å².